The van der Waals surface area contributed by atoms with Gasteiger partial charge in [-0.3, -0.25) is 4.90 Å². The van der Waals surface area contributed by atoms with Crippen LogP contribution in [-0.4, -0.2) is 99.2 Å². The number of benzene rings is 1. The van der Waals surface area contributed by atoms with Crippen molar-refractivity contribution >= 4 is 18.0 Å². The molecule has 0 spiro atoms. The predicted molar refractivity (Wildman–Crippen MR) is 122 cm³/mol. The Bertz CT molecular complexity index is 897. The minimum Gasteiger partial charge on any atom is -0.491 e. The third-order valence-electron chi connectivity index (χ3n) is 5.74. The lowest BCUT2D eigenvalue weighted by atomic mass is 10.1. The number of carbonyl (C=O) groups excluding carboxylic acids is 3. The van der Waals surface area contributed by atoms with Crippen LogP contribution in [0.2, 0.25) is 0 Å². The molecule has 3 rings (SSSR count). The van der Waals surface area contributed by atoms with E-state index in [1.54, 1.807) is 11.0 Å². The summed E-state index contributed by atoms with van der Waals surface area (Å²) in [7, 11) is 2.49. The van der Waals surface area contributed by atoms with Crippen LogP contribution in [0.4, 0.5) is 4.79 Å². The Kier molecular flexibility index (Phi) is 8.37. The number of carbonyl (C=O) groups is 3. The lowest BCUT2D eigenvalue weighted by molar-refractivity contribution is 0.00894. The van der Waals surface area contributed by atoms with Gasteiger partial charge in [0.1, 0.15) is 18.0 Å². The van der Waals surface area contributed by atoms with Crippen molar-refractivity contribution in [3.63, 3.8) is 0 Å². The fraction of sp³-hybridized carbons (Fsp3) is 0.625. The van der Waals surface area contributed by atoms with Gasteiger partial charge in [0, 0.05) is 32.2 Å². The second-order valence-corrected chi connectivity index (χ2v) is 9.34. The third-order valence-corrected chi connectivity index (χ3v) is 5.74. The number of amides is 1. The van der Waals surface area contributed by atoms with Crippen molar-refractivity contribution in [1.29, 1.82) is 0 Å². The van der Waals surface area contributed by atoms with Crippen molar-refractivity contribution in [2.75, 3.05) is 53.6 Å². The summed E-state index contributed by atoms with van der Waals surface area (Å²) in [6.45, 7) is 9.14. The highest BCUT2D eigenvalue weighted by atomic mass is 16.6. The van der Waals surface area contributed by atoms with Gasteiger partial charge in [-0.15, -0.1) is 0 Å². The zero-order chi connectivity index (χ0) is 24.9. The van der Waals surface area contributed by atoms with Crippen molar-refractivity contribution < 1.29 is 38.1 Å². The summed E-state index contributed by atoms with van der Waals surface area (Å²) in [5, 5.41) is 0. The average Bonchev–Trinajstić information content (AvgIpc) is 3.21. The molecule has 34 heavy (non-hydrogen) atoms. The summed E-state index contributed by atoms with van der Waals surface area (Å²) < 4.78 is 26.7. The molecule has 1 aromatic carbocycles. The topological polar surface area (TPSA) is 104 Å². The minimum absolute atomic E-state index is 0.0551. The molecule has 0 saturated carbocycles. The van der Waals surface area contributed by atoms with Crippen LogP contribution in [-0.2, 0) is 18.9 Å². The molecule has 1 aromatic rings. The quantitative estimate of drug-likeness (QED) is 0.332. The Morgan fingerprint density at radius 3 is 2.35 bits per heavy atom. The van der Waals surface area contributed by atoms with Gasteiger partial charge in [0.25, 0.3) is 0 Å². The molecule has 2 fully saturated rings. The first kappa shape index (κ1) is 25.8. The number of hydrogen-bond donors (Lipinski definition) is 0. The molecule has 188 valence electrons. The smallest absolute Gasteiger partial charge is 0.410 e. The van der Waals surface area contributed by atoms with E-state index in [9.17, 15) is 14.4 Å². The molecule has 10 heteroatoms. The summed E-state index contributed by atoms with van der Waals surface area (Å²) >= 11 is 0. The molecule has 0 bridgehead atoms. The van der Waals surface area contributed by atoms with E-state index in [0.717, 1.165) is 19.5 Å². The lowest BCUT2D eigenvalue weighted by Gasteiger charge is -2.37. The first-order valence-corrected chi connectivity index (χ1v) is 11.4. The normalized spacial score (nSPS) is 20.4. The van der Waals surface area contributed by atoms with Crippen LogP contribution < -0.4 is 4.74 Å². The van der Waals surface area contributed by atoms with Crippen molar-refractivity contribution in [3.8, 4) is 5.75 Å². The Balaban J connectivity index is 1.46. The molecule has 2 saturated heterocycles. The highest BCUT2D eigenvalue weighted by Crippen LogP contribution is 2.25. The number of fused-ring (bicyclic) bond motifs is 1. The van der Waals surface area contributed by atoms with Crippen LogP contribution in [0.5, 0.6) is 5.75 Å². The van der Waals surface area contributed by atoms with Crippen LogP contribution in [0, 0.1) is 0 Å². The second kappa shape index (κ2) is 11.1. The van der Waals surface area contributed by atoms with E-state index in [1.807, 2.05) is 20.8 Å². The molecule has 0 aliphatic carbocycles. The molecule has 0 radical (unpaired) electrons. The summed E-state index contributed by atoms with van der Waals surface area (Å²) in [5.41, 5.74) is -0.316. The van der Waals surface area contributed by atoms with Gasteiger partial charge in [-0.2, -0.15) is 0 Å². The molecule has 2 heterocycles. The van der Waals surface area contributed by atoms with E-state index >= 15 is 0 Å². The lowest BCUT2D eigenvalue weighted by Crippen LogP contribution is -2.53. The predicted octanol–water partition coefficient (Wildman–Crippen LogP) is 2.35. The Labute approximate surface area is 200 Å². The zero-order valence-corrected chi connectivity index (χ0v) is 20.5. The number of piperazine rings is 1. The van der Waals surface area contributed by atoms with Gasteiger partial charge in [-0.05, 0) is 45.4 Å². The van der Waals surface area contributed by atoms with Crippen molar-refractivity contribution in [2.24, 2.45) is 0 Å². The highest BCUT2D eigenvalue weighted by Gasteiger charge is 2.38. The maximum absolute atomic E-state index is 12.4. The number of hydrogen-bond acceptors (Lipinski definition) is 9. The molecule has 0 unspecified atom stereocenters. The molecule has 2 atom stereocenters. The van der Waals surface area contributed by atoms with E-state index in [0.29, 0.717) is 25.4 Å². The first-order chi connectivity index (χ1) is 16.1. The maximum Gasteiger partial charge on any atom is 0.410 e. The largest absolute Gasteiger partial charge is 0.491 e. The van der Waals surface area contributed by atoms with Gasteiger partial charge in [0.15, 0.2) is 0 Å². The fourth-order valence-corrected chi connectivity index (χ4v) is 4.16. The SMILES string of the molecule is COC(=O)c1ccc(OCCO[C@@H]2C[C@H]3CN(C(=O)OC(C)(C)C)CCN3C2)cc1C(=O)OC. The highest BCUT2D eigenvalue weighted by molar-refractivity contribution is 6.03. The van der Waals surface area contributed by atoms with Crippen LogP contribution in [0.1, 0.15) is 47.9 Å². The Hall–Kier alpha value is -2.85. The molecule has 2 aliphatic rings. The van der Waals surface area contributed by atoms with Gasteiger partial charge in [0.05, 0.1) is 38.1 Å². The summed E-state index contributed by atoms with van der Waals surface area (Å²) in [6.07, 6.45) is 0.619. The van der Waals surface area contributed by atoms with Crippen LogP contribution in [0.25, 0.3) is 0 Å². The number of ether oxygens (including phenoxy) is 5. The van der Waals surface area contributed by atoms with Gasteiger partial charge in [0.2, 0.25) is 0 Å². The summed E-state index contributed by atoms with van der Waals surface area (Å²) in [5.74, 6) is -0.850. The Morgan fingerprint density at radius 2 is 1.68 bits per heavy atom. The number of esters is 2. The van der Waals surface area contributed by atoms with Gasteiger partial charge in [-0.25, -0.2) is 14.4 Å². The van der Waals surface area contributed by atoms with E-state index in [1.165, 1.54) is 26.4 Å². The molecule has 0 N–H and O–H groups in total. The fourth-order valence-electron chi connectivity index (χ4n) is 4.16. The number of methoxy groups -OCH3 is 2. The van der Waals surface area contributed by atoms with Crippen LogP contribution >= 0.6 is 0 Å². The Morgan fingerprint density at radius 1 is 0.971 bits per heavy atom. The maximum atomic E-state index is 12.4. The summed E-state index contributed by atoms with van der Waals surface area (Å²) in [4.78, 5) is 40.4. The molecule has 10 nitrogen and oxygen atoms in total. The molecular formula is C24H34N2O8. The second-order valence-electron chi connectivity index (χ2n) is 9.34. The van der Waals surface area contributed by atoms with Gasteiger partial charge >= 0.3 is 18.0 Å². The van der Waals surface area contributed by atoms with Crippen LogP contribution in [0.15, 0.2) is 18.2 Å². The molecular weight excluding hydrogens is 444 g/mol. The molecule has 2 aliphatic heterocycles. The number of nitrogens with zero attached hydrogens (tertiary/aromatic N) is 2. The zero-order valence-electron chi connectivity index (χ0n) is 20.5. The van der Waals surface area contributed by atoms with Gasteiger partial charge in [-0.1, -0.05) is 0 Å². The van der Waals surface area contributed by atoms with E-state index in [4.69, 9.17) is 23.7 Å². The average molecular weight is 479 g/mol. The van der Waals surface area contributed by atoms with Gasteiger partial charge < -0.3 is 28.6 Å². The van der Waals surface area contributed by atoms with Crippen molar-refractivity contribution in [1.82, 2.24) is 9.80 Å². The van der Waals surface area contributed by atoms with E-state index in [-0.39, 0.29) is 36.0 Å². The van der Waals surface area contributed by atoms with Crippen molar-refractivity contribution in [3.05, 3.63) is 29.3 Å². The van der Waals surface area contributed by atoms with Crippen LogP contribution in [0.3, 0.4) is 0 Å². The monoisotopic (exact) mass is 478 g/mol. The molecule has 0 aromatic heterocycles. The standard InChI is InChI=1S/C24H34N2O8/c1-24(2,3)34-23(29)26-9-8-25-15-18(12-16(25)14-26)33-11-10-32-17-6-7-19(21(27)30-4)20(13-17)22(28)31-5/h6-7,13,16,18H,8-12,14-15H2,1-5H3/t16-,18+/m0/s1. The van der Waals surface area contributed by atoms with E-state index in [2.05, 4.69) is 4.90 Å². The minimum atomic E-state index is -0.648. The first-order valence-electron chi connectivity index (χ1n) is 11.4. The van der Waals surface area contributed by atoms with Crippen molar-refractivity contribution in [2.45, 2.75) is 44.9 Å². The molecule has 1 amide bonds. The third kappa shape index (κ3) is 6.60. The number of rotatable bonds is 7. The van der Waals surface area contributed by atoms with E-state index < -0.39 is 17.5 Å². The summed E-state index contributed by atoms with van der Waals surface area (Å²) in [6, 6.07) is 4.78.